The summed E-state index contributed by atoms with van der Waals surface area (Å²) in [5, 5.41) is 7.11. The van der Waals surface area contributed by atoms with Crippen LogP contribution >= 0.6 is 11.6 Å². The number of aromatic nitrogens is 2. The van der Waals surface area contributed by atoms with E-state index in [1.54, 1.807) is 24.1 Å². The van der Waals surface area contributed by atoms with Gasteiger partial charge in [0.2, 0.25) is 11.8 Å². The van der Waals surface area contributed by atoms with Gasteiger partial charge in [0.05, 0.1) is 28.0 Å². The van der Waals surface area contributed by atoms with Crippen LogP contribution in [0.2, 0.25) is 5.02 Å². The van der Waals surface area contributed by atoms with Gasteiger partial charge in [-0.25, -0.2) is 17.2 Å². The Labute approximate surface area is 203 Å². The van der Waals surface area contributed by atoms with E-state index in [9.17, 15) is 22.0 Å². The number of carbonyl (C=O) groups is 1. The first kappa shape index (κ1) is 26.6. The molecule has 1 fully saturated rings. The topological polar surface area (TPSA) is 90.3 Å². The average molecular weight is 518 g/mol. The maximum absolute atomic E-state index is 13.8. The number of anilines is 1. The lowest BCUT2D eigenvalue weighted by molar-refractivity contribution is -0.118. The zero-order valence-electron chi connectivity index (χ0n) is 19.6. The van der Waals surface area contributed by atoms with Gasteiger partial charge in [-0.2, -0.15) is 5.10 Å². The Morgan fingerprint density at radius 1 is 1.38 bits per heavy atom. The van der Waals surface area contributed by atoms with E-state index in [0.717, 1.165) is 6.26 Å². The van der Waals surface area contributed by atoms with Crippen LogP contribution in [0, 0.1) is 5.92 Å². The predicted octanol–water partition coefficient (Wildman–Crippen LogP) is 4.91. The molecule has 0 saturated heterocycles. The molecule has 0 spiro atoms. The minimum atomic E-state index is -3.55. The number of nitrogens with one attached hydrogen (secondary N) is 1. The van der Waals surface area contributed by atoms with Gasteiger partial charge in [0.15, 0.2) is 15.7 Å². The molecule has 1 aromatic heterocycles. The van der Waals surface area contributed by atoms with Gasteiger partial charge in [-0.3, -0.25) is 9.48 Å². The number of sulfone groups is 1. The third kappa shape index (κ3) is 6.76. The maximum Gasteiger partial charge on any atom is 0.248 e. The molecule has 34 heavy (non-hydrogen) atoms. The van der Waals surface area contributed by atoms with Crippen LogP contribution in [0.4, 0.5) is 14.6 Å². The first-order valence-electron chi connectivity index (χ1n) is 11.0. The van der Waals surface area contributed by atoms with Crippen LogP contribution in [-0.4, -0.2) is 49.0 Å². The quantitative estimate of drug-likeness (QED) is 0.510. The summed E-state index contributed by atoms with van der Waals surface area (Å²) in [7, 11) is -1.95. The van der Waals surface area contributed by atoms with Crippen LogP contribution in [0.3, 0.4) is 0 Å². The van der Waals surface area contributed by atoms with Crippen molar-refractivity contribution in [2.75, 3.05) is 18.7 Å². The predicted molar refractivity (Wildman–Crippen MR) is 126 cm³/mol. The van der Waals surface area contributed by atoms with Crippen molar-refractivity contribution in [1.29, 1.82) is 0 Å². The summed E-state index contributed by atoms with van der Waals surface area (Å²) in [6.45, 7) is 4.27. The van der Waals surface area contributed by atoms with Crippen molar-refractivity contribution in [3.8, 4) is 0 Å². The molecule has 1 saturated carbocycles. The van der Waals surface area contributed by atoms with Crippen molar-refractivity contribution >= 4 is 33.2 Å². The van der Waals surface area contributed by atoms with Gasteiger partial charge in [0.1, 0.15) is 0 Å². The smallest absolute Gasteiger partial charge is 0.248 e. The molecule has 1 heterocycles. The van der Waals surface area contributed by atoms with Crippen LogP contribution in [0.1, 0.15) is 51.0 Å². The molecule has 0 aliphatic heterocycles. The van der Waals surface area contributed by atoms with Gasteiger partial charge in [0.25, 0.3) is 0 Å². The largest absolute Gasteiger partial charge is 0.377 e. The Bertz CT molecular complexity index is 1150. The minimum absolute atomic E-state index is 0.0133. The lowest BCUT2D eigenvalue weighted by Gasteiger charge is -2.22. The molecule has 1 N–H and O–H groups in total. The molecular formula is C23H30ClF2N3O4S. The van der Waals surface area contributed by atoms with Crippen LogP contribution in [0.15, 0.2) is 35.4 Å². The van der Waals surface area contributed by atoms with E-state index in [4.69, 9.17) is 16.3 Å². The number of amides is 1. The van der Waals surface area contributed by atoms with Gasteiger partial charge < -0.3 is 10.1 Å². The van der Waals surface area contributed by atoms with Gasteiger partial charge in [-0.15, -0.1) is 0 Å². The van der Waals surface area contributed by atoms with Crippen molar-refractivity contribution in [2.45, 2.75) is 68.4 Å². The number of halogens is 3. The number of hydrogen-bond donors (Lipinski definition) is 1. The lowest BCUT2D eigenvalue weighted by atomic mass is 9.87. The molecule has 188 valence electrons. The van der Waals surface area contributed by atoms with Gasteiger partial charge in [-0.1, -0.05) is 17.7 Å². The zero-order valence-corrected chi connectivity index (χ0v) is 21.2. The van der Waals surface area contributed by atoms with Crippen molar-refractivity contribution in [1.82, 2.24) is 9.78 Å². The number of methoxy groups -OCH3 is 1. The number of rotatable bonds is 9. The number of carbonyl (C=O) groups excluding carboxylic acids is 1. The molecule has 2 aromatic rings. The summed E-state index contributed by atoms with van der Waals surface area (Å²) < 4.78 is 58.5. The Balaban J connectivity index is 1.84. The fourth-order valence-electron chi connectivity index (χ4n) is 4.19. The molecule has 1 aliphatic rings. The van der Waals surface area contributed by atoms with Crippen molar-refractivity contribution < 1.29 is 26.7 Å². The molecule has 0 unspecified atom stereocenters. The van der Waals surface area contributed by atoms with Crippen LogP contribution in [0.5, 0.6) is 0 Å². The van der Waals surface area contributed by atoms with Gasteiger partial charge in [0, 0.05) is 38.5 Å². The standard InChI is InChI=1S/C23H30ClF2N3O4S/c1-22(2,33-3)14-29-10-8-20(28-29)27-21(30)17(11-15-7-9-23(25,26)13-15)16-5-6-19(18(24)12-16)34(4,31)32/h5-6,8,10,12,15,17H,7,9,11,13-14H2,1-4H3,(H,27,28,30)/t15-,17-/m1/s1. The van der Waals surface area contributed by atoms with Crippen LogP contribution < -0.4 is 5.32 Å². The Kier molecular flexibility index (Phi) is 7.74. The Hall–Kier alpha value is -2.04. The second-order valence-electron chi connectivity index (χ2n) is 9.57. The highest BCUT2D eigenvalue weighted by molar-refractivity contribution is 7.90. The molecule has 1 aliphatic carbocycles. The zero-order chi connectivity index (χ0) is 25.3. The normalized spacial score (nSPS) is 19.2. The van der Waals surface area contributed by atoms with E-state index in [0.29, 0.717) is 24.3 Å². The fourth-order valence-corrected chi connectivity index (χ4v) is 5.53. The number of alkyl halides is 2. The van der Waals surface area contributed by atoms with E-state index >= 15 is 0 Å². The van der Waals surface area contributed by atoms with E-state index in [1.165, 1.54) is 18.2 Å². The highest BCUT2D eigenvalue weighted by Gasteiger charge is 2.41. The summed E-state index contributed by atoms with van der Waals surface area (Å²) >= 11 is 6.21. The summed E-state index contributed by atoms with van der Waals surface area (Å²) in [5.74, 6) is -3.99. The molecule has 1 amide bonds. The van der Waals surface area contributed by atoms with Crippen LogP contribution in [0.25, 0.3) is 0 Å². The third-order valence-corrected chi connectivity index (χ3v) is 7.72. The maximum atomic E-state index is 13.8. The SMILES string of the molecule is COC(C)(C)Cn1ccc(NC(=O)[C@H](C[C@H]2CCC(F)(F)C2)c2ccc(S(C)(=O)=O)c(Cl)c2)n1. The van der Waals surface area contributed by atoms with E-state index in [2.05, 4.69) is 10.4 Å². The average Bonchev–Trinajstić information content (AvgIpc) is 3.29. The van der Waals surface area contributed by atoms with E-state index < -0.39 is 33.2 Å². The number of benzene rings is 1. The van der Waals surface area contributed by atoms with Crippen molar-refractivity contribution in [3.05, 3.63) is 41.0 Å². The van der Waals surface area contributed by atoms with Gasteiger partial charge in [-0.05, 0) is 50.3 Å². The lowest BCUT2D eigenvalue weighted by Crippen LogP contribution is -2.29. The molecule has 0 bridgehead atoms. The monoisotopic (exact) mass is 517 g/mol. The highest BCUT2D eigenvalue weighted by atomic mass is 35.5. The number of nitrogens with zero attached hydrogens (tertiary/aromatic N) is 2. The molecular weight excluding hydrogens is 488 g/mol. The first-order chi connectivity index (χ1) is 15.7. The fraction of sp³-hybridized carbons (Fsp3) is 0.565. The van der Waals surface area contributed by atoms with E-state index in [1.807, 2.05) is 13.8 Å². The third-order valence-electron chi connectivity index (χ3n) is 6.14. The summed E-state index contributed by atoms with van der Waals surface area (Å²) in [6, 6.07) is 5.93. The van der Waals surface area contributed by atoms with E-state index in [-0.39, 0.29) is 35.1 Å². The Morgan fingerprint density at radius 3 is 2.65 bits per heavy atom. The second-order valence-corrected chi connectivity index (χ2v) is 12.0. The van der Waals surface area contributed by atoms with Gasteiger partial charge >= 0.3 is 0 Å². The van der Waals surface area contributed by atoms with Crippen molar-refractivity contribution in [3.63, 3.8) is 0 Å². The number of ether oxygens (including phenoxy) is 1. The summed E-state index contributed by atoms with van der Waals surface area (Å²) in [5.41, 5.74) is 0.00632. The number of hydrogen-bond acceptors (Lipinski definition) is 5. The Morgan fingerprint density at radius 2 is 2.09 bits per heavy atom. The highest BCUT2D eigenvalue weighted by Crippen LogP contribution is 2.43. The van der Waals surface area contributed by atoms with Crippen LogP contribution in [-0.2, 0) is 25.9 Å². The molecule has 3 rings (SSSR count). The molecule has 0 radical (unpaired) electrons. The second kappa shape index (κ2) is 9.91. The molecule has 7 nitrogen and oxygen atoms in total. The summed E-state index contributed by atoms with van der Waals surface area (Å²) in [4.78, 5) is 13.2. The molecule has 11 heteroatoms. The minimum Gasteiger partial charge on any atom is -0.377 e. The first-order valence-corrected chi connectivity index (χ1v) is 13.2. The summed E-state index contributed by atoms with van der Waals surface area (Å²) in [6.07, 6.45) is 2.76. The molecule has 1 aromatic carbocycles. The molecule has 2 atom stereocenters. The van der Waals surface area contributed by atoms with Crippen molar-refractivity contribution in [2.24, 2.45) is 5.92 Å².